The van der Waals surface area contributed by atoms with Crippen LogP contribution < -0.4 is 5.56 Å². The van der Waals surface area contributed by atoms with Crippen LogP contribution >= 0.6 is 0 Å². The zero-order chi connectivity index (χ0) is 18.1. The van der Waals surface area contributed by atoms with Gasteiger partial charge in [-0.15, -0.1) is 0 Å². The van der Waals surface area contributed by atoms with Crippen LogP contribution in [0, 0.1) is 6.92 Å². The molecule has 4 aromatic rings. The molecule has 0 spiro atoms. The fourth-order valence-electron chi connectivity index (χ4n) is 3.28. The normalized spacial score (nSPS) is 12.2. The Labute approximate surface area is 151 Å². The second kappa shape index (κ2) is 6.48. The van der Waals surface area contributed by atoms with Crippen LogP contribution in [0.2, 0.25) is 0 Å². The summed E-state index contributed by atoms with van der Waals surface area (Å²) in [4.78, 5) is 19.0. The van der Waals surface area contributed by atoms with Gasteiger partial charge in [-0.3, -0.25) is 4.79 Å². The van der Waals surface area contributed by atoms with Gasteiger partial charge in [0.2, 0.25) is 0 Å². The van der Waals surface area contributed by atoms with Gasteiger partial charge in [0.1, 0.15) is 0 Å². The van der Waals surface area contributed by atoms with Crippen LogP contribution in [0.15, 0.2) is 78.6 Å². The maximum atomic E-state index is 11.8. The van der Waals surface area contributed by atoms with E-state index in [1.54, 1.807) is 6.20 Å². The van der Waals surface area contributed by atoms with Gasteiger partial charge in [0.05, 0.1) is 12.4 Å². The molecular formula is C22H19N3O. The van der Waals surface area contributed by atoms with Crippen molar-refractivity contribution in [3.8, 4) is 0 Å². The van der Waals surface area contributed by atoms with E-state index in [1.165, 1.54) is 0 Å². The topological polar surface area (TPSA) is 50.7 Å². The molecule has 0 saturated carbocycles. The van der Waals surface area contributed by atoms with E-state index in [2.05, 4.69) is 57.5 Å². The predicted octanol–water partition coefficient (Wildman–Crippen LogP) is 4.31. The summed E-state index contributed by atoms with van der Waals surface area (Å²) in [6.07, 6.45) is 7.42. The third kappa shape index (κ3) is 2.86. The van der Waals surface area contributed by atoms with E-state index in [4.69, 9.17) is 0 Å². The zero-order valence-electron chi connectivity index (χ0n) is 14.5. The van der Waals surface area contributed by atoms with Crippen molar-refractivity contribution >= 4 is 17.0 Å². The number of H-pyrrole nitrogens is 1. The fraction of sp³-hybridized carbons (Fsp3) is 0.0909. The molecule has 128 valence electrons. The number of pyridine rings is 1. The van der Waals surface area contributed by atoms with Crippen LogP contribution in [0.4, 0.5) is 0 Å². The Balaban J connectivity index is 1.88. The largest absolute Gasteiger partial charge is 0.326 e. The van der Waals surface area contributed by atoms with Crippen molar-refractivity contribution in [1.82, 2.24) is 14.5 Å². The second-order valence-corrected chi connectivity index (χ2v) is 6.41. The van der Waals surface area contributed by atoms with Gasteiger partial charge >= 0.3 is 0 Å². The minimum Gasteiger partial charge on any atom is -0.326 e. The summed E-state index contributed by atoms with van der Waals surface area (Å²) in [7, 11) is 0. The first-order chi connectivity index (χ1) is 12.7. The molecule has 0 radical (unpaired) electrons. The lowest BCUT2D eigenvalue weighted by atomic mass is 9.96. The maximum Gasteiger partial charge on any atom is 0.251 e. The van der Waals surface area contributed by atoms with E-state index in [0.29, 0.717) is 5.56 Å². The van der Waals surface area contributed by atoms with Crippen molar-refractivity contribution in [3.63, 3.8) is 0 Å². The van der Waals surface area contributed by atoms with Crippen molar-refractivity contribution in [2.75, 3.05) is 0 Å². The number of benzene rings is 2. The second-order valence-electron chi connectivity index (χ2n) is 6.41. The molecule has 0 bridgehead atoms. The third-order valence-corrected chi connectivity index (χ3v) is 4.68. The highest BCUT2D eigenvalue weighted by atomic mass is 16.1. The number of aromatic amines is 1. The number of aryl methyl sites for hydroxylation is 1. The van der Waals surface area contributed by atoms with Gasteiger partial charge in [-0.05, 0) is 47.2 Å². The third-order valence-electron chi connectivity index (χ3n) is 4.68. The van der Waals surface area contributed by atoms with Crippen LogP contribution in [0.3, 0.4) is 0 Å². The molecule has 26 heavy (non-hydrogen) atoms. The van der Waals surface area contributed by atoms with Gasteiger partial charge in [0.25, 0.3) is 5.56 Å². The number of aromatic nitrogens is 3. The molecule has 2 heterocycles. The summed E-state index contributed by atoms with van der Waals surface area (Å²) in [6.45, 7) is 5.64. The van der Waals surface area contributed by atoms with Crippen molar-refractivity contribution in [1.29, 1.82) is 0 Å². The molecule has 0 fully saturated rings. The number of hydrogen-bond acceptors (Lipinski definition) is 2. The van der Waals surface area contributed by atoms with E-state index >= 15 is 0 Å². The molecule has 0 aliphatic heterocycles. The highest BCUT2D eigenvalue weighted by molar-refractivity contribution is 5.80. The number of nitrogens with zero attached hydrogens (tertiary/aromatic N) is 2. The van der Waals surface area contributed by atoms with E-state index in [0.717, 1.165) is 27.6 Å². The molecule has 0 saturated heterocycles. The van der Waals surface area contributed by atoms with Crippen molar-refractivity contribution in [2.24, 2.45) is 0 Å². The standard InChI is InChI=1S/C22H19N3O/c1-3-16-4-6-17(7-5-16)21(25-11-10-23-14-25)18-8-9-20-19(13-18)12-15(2)22(26)24-20/h3-14,21H,1H2,2H3,(H,24,26). The van der Waals surface area contributed by atoms with Gasteiger partial charge in [-0.1, -0.05) is 43.0 Å². The first kappa shape index (κ1) is 16.1. The fourth-order valence-corrected chi connectivity index (χ4v) is 3.28. The highest BCUT2D eigenvalue weighted by Crippen LogP contribution is 2.29. The zero-order valence-corrected chi connectivity index (χ0v) is 14.5. The molecule has 4 rings (SSSR count). The van der Waals surface area contributed by atoms with E-state index < -0.39 is 0 Å². The quantitative estimate of drug-likeness (QED) is 0.601. The molecule has 0 aliphatic rings. The molecule has 2 aromatic heterocycles. The van der Waals surface area contributed by atoms with Crippen LogP contribution in [-0.2, 0) is 0 Å². The Morgan fingerprint density at radius 1 is 1.12 bits per heavy atom. The number of nitrogens with one attached hydrogen (secondary N) is 1. The highest BCUT2D eigenvalue weighted by Gasteiger charge is 2.16. The molecule has 1 unspecified atom stereocenters. The lowest BCUT2D eigenvalue weighted by Gasteiger charge is -2.20. The molecule has 2 aromatic carbocycles. The molecule has 4 heteroatoms. The number of rotatable bonds is 4. The first-order valence-electron chi connectivity index (χ1n) is 8.49. The van der Waals surface area contributed by atoms with Crippen LogP contribution in [0.5, 0.6) is 0 Å². The monoisotopic (exact) mass is 341 g/mol. The average Bonchev–Trinajstić information content (AvgIpc) is 3.18. The van der Waals surface area contributed by atoms with Gasteiger partial charge < -0.3 is 9.55 Å². The Hall–Kier alpha value is -3.40. The molecule has 4 nitrogen and oxygen atoms in total. The van der Waals surface area contributed by atoms with E-state index in [1.807, 2.05) is 37.7 Å². The summed E-state index contributed by atoms with van der Waals surface area (Å²) in [5.74, 6) is 0. The molecular weight excluding hydrogens is 322 g/mol. The van der Waals surface area contributed by atoms with Crippen LogP contribution in [0.1, 0.15) is 28.3 Å². The number of imidazole rings is 1. The lowest BCUT2D eigenvalue weighted by Crippen LogP contribution is -2.12. The maximum absolute atomic E-state index is 11.8. The molecule has 0 amide bonds. The van der Waals surface area contributed by atoms with E-state index in [9.17, 15) is 4.79 Å². The smallest absolute Gasteiger partial charge is 0.251 e. The minimum atomic E-state index is -0.0450. The Morgan fingerprint density at radius 2 is 1.88 bits per heavy atom. The van der Waals surface area contributed by atoms with Gasteiger partial charge in [0.15, 0.2) is 0 Å². The number of hydrogen-bond donors (Lipinski definition) is 1. The summed E-state index contributed by atoms with van der Waals surface area (Å²) in [5.41, 5.74) is 4.89. The van der Waals surface area contributed by atoms with Crippen molar-refractivity contribution in [3.05, 3.63) is 106 Å². The predicted molar refractivity (Wildman–Crippen MR) is 105 cm³/mol. The van der Waals surface area contributed by atoms with E-state index in [-0.39, 0.29) is 11.6 Å². The van der Waals surface area contributed by atoms with Crippen molar-refractivity contribution in [2.45, 2.75) is 13.0 Å². The summed E-state index contributed by atoms with van der Waals surface area (Å²) >= 11 is 0. The minimum absolute atomic E-state index is 0.00741. The SMILES string of the molecule is C=Cc1ccc(C(c2ccc3[nH]c(=O)c(C)cc3c2)n2ccnc2)cc1. The Kier molecular flexibility index (Phi) is 4.01. The van der Waals surface area contributed by atoms with Crippen LogP contribution in [-0.4, -0.2) is 14.5 Å². The first-order valence-corrected chi connectivity index (χ1v) is 8.49. The average molecular weight is 341 g/mol. The summed E-state index contributed by atoms with van der Waals surface area (Å²) in [6, 6.07) is 16.5. The molecule has 1 atom stereocenters. The summed E-state index contributed by atoms with van der Waals surface area (Å²) < 4.78 is 2.09. The Morgan fingerprint density at radius 3 is 2.58 bits per heavy atom. The van der Waals surface area contributed by atoms with Gasteiger partial charge in [-0.2, -0.15) is 0 Å². The lowest BCUT2D eigenvalue weighted by molar-refractivity contribution is 0.677. The van der Waals surface area contributed by atoms with Gasteiger partial charge in [0, 0.05) is 23.5 Å². The Bertz CT molecular complexity index is 1120. The molecule has 1 N–H and O–H groups in total. The summed E-state index contributed by atoms with van der Waals surface area (Å²) in [5, 5.41) is 1.02. The van der Waals surface area contributed by atoms with Gasteiger partial charge in [-0.25, -0.2) is 4.98 Å². The number of fused-ring (bicyclic) bond motifs is 1. The molecule has 0 aliphatic carbocycles. The van der Waals surface area contributed by atoms with Crippen molar-refractivity contribution < 1.29 is 0 Å². The van der Waals surface area contributed by atoms with Crippen LogP contribution in [0.25, 0.3) is 17.0 Å².